The summed E-state index contributed by atoms with van der Waals surface area (Å²) in [7, 11) is 0. The van der Waals surface area contributed by atoms with Gasteiger partial charge in [-0.3, -0.25) is 4.79 Å². The fourth-order valence-corrected chi connectivity index (χ4v) is 2.94. The smallest absolute Gasteiger partial charge is 0.271 e. The van der Waals surface area contributed by atoms with Crippen molar-refractivity contribution in [3.63, 3.8) is 0 Å². The number of hydrogen-bond acceptors (Lipinski definition) is 8. The number of pyridine rings is 1. The predicted octanol–water partition coefficient (Wildman–Crippen LogP) is 1.50. The third-order valence-corrected chi connectivity index (χ3v) is 4.44. The lowest BCUT2D eigenvalue weighted by Crippen LogP contribution is -2.47. The molecule has 2 atom stereocenters. The van der Waals surface area contributed by atoms with Crippen LogP contribution in [0.25, 0.3) is 0 Å². The molecule has 0 spiro atoms. The van der Waals surface area contributed by atoms with Gasteiger partial charge in [0.05, 0.1) is 18.0 Å². The molecule has 28 heavy (non-hydrogen) atoms. The second kappa shape index (κ2) is 8.44. The Kier molecular flexibility index (Phi) is 6.00. The highest BCUT2D eigenvalue weighted by molar-refractivity contribution is 5.97. The van der Waals surface area contributed by atoms with Crippen LogP contribution in [-0.2, 0) is 4.74 Å². The summed E-state index contributed by atoms with van der Waals surface area (Å²) in [5, 5.41) is 14.1. The molecule has 1 fully saturated rings. The Balaban J connectivity index is 1.88. The monoisotopic (exact) mass is 389 g/mol. The van der Waals surface area contributed by atoms with E-state index in [4.69, 9.17) is 16.2 Å². The lowest BCUT2D eigenvalue weighted by Gasteiger charge is -2.29. The van der Waals surface area contributed by atoms with E-state index in [0.717, 1.165) is 6.42 Å². The van der Waals surface area contributed by atoms with Crippen LogP contribution in [0.15, 0.2) is 18.2 Å². The first-order chi connectivity index (χ1) is 13.3. The number of nitrogens with zero attached hydrogens (tertiary/aromatic N) is 3. The molecule has 3 rings (SSSR count). The lowest BCUT2D eigenvalue weighted by atomic mass is 10.0. The Morgan fingerprint density at radius 2 is 2.11 bits per heavy atom. The fourth-order valence-electron chi connectivity index (χ4n) is 2.94. The van der Waals surface area contributed by atoms with Gasteiger partial charge >= 0.3 is 0 Å². The molecular formula is C18H24FN7O2. The number of rotatable bonds is 6. The number of nitrogens with two attached hydrogens (primary N) is 2. The van der Waals surface area contributed by atoms with Gasteiger partial charge in [-0.15, -0.1) is 10.2 Å². The molecule has 1 aliphatic rings. The SMILES string of the molecule is CC(C)c1nc(Nc2cc(N[C@@H]3CCOC[C@@H]3N)nnc2C(N)=O)ccc1F. The van der Waals surface area contributed by atoms with Gasteiger partial charge in [0, 0.05) is 24.8 Å². The minimum Gasteiger partial charge on any atom is -0.380 e. The third-order valence-electron chi connectivity index (χ3n) is 4.44. The molecule has 0 bridgehead atoms. The second-order valence-electron chi connectivity index (χ2n) is 6.98. The maximum absolute atomic E-state index is 13.9. The molecule has 0 aliphatic carbocycles. The standard InChI is InChI=1S/C18H24FN7O2/c1-9(2)16-10(19)3-4-14(24-16)23-13-7-15(25-26-17(13)18(21)27)22-12-5-6-28-8-11(12)20/h3-4,7,9,11-12H,5-6,8,20H2,1-2H3,(H2,21,27)(H2,22,23,24,25)/t11-,12+/m0/s1. The van der Waals surface area contributed by atoms with Crippen molar-refractivity contribution < 1.29 is 13.9 Å². The summed E-state index contributed by atoms with van der Waals surface area (Å²) in [4.78, 5) is 16.0. The topological polar surface area (TPSA) is 141 Å². The minimum atomic E-state index is -0.740. The molecule has 150 valence electrons. The molecular weight excluding hydrogens is 365 g/mol. The van der Waals surface area contributed by atoms with E-state index in [9.17, 15) is 9.18 Å². The predicted molar refractivity (Wildman–Crippen MR) is 103 cm³/mol. The van der Waals surface area contributed by atoms with Gasteiger partial charge in [0.1, 0.15) is 11.6 Å². The number of nitrogens with one attached hydrogen (secondary N) is 2. The van der Waals surface area contributed by atoms with Crippen molar-refractivity contribution in [1.29, 1.82) is 0 Å². The van der Waals surface area contributed by atoms with Crippen LogP contribution in [0.2, 0.25) is 0 Å². The van der Waals surface area contributed by atoms with Crippen LogP contribution in [0.4, 0.5) is 21.7 Å². The van der Waals surface area contributed by atoms with E-state index in [0.29, 0.717) is 36.2 Å². The molecule has 1 saturated heterocycles. The van der Waals surface area contributed by atoms with Crippen molar-refractivity contribution in [3.05, 3.63) is 35.4 Å². The molecule has 0 radical (unpaired) electrons. The van der Waals surface area contributed by atoms with Crippen molar-refractivity contribution in [3.8, 4) is 0 Å². The second-order valence-corrected chi connectivity index (χ2v) is 6.98. The van der Waals surface area contributed by atoms with Crippen molar-refractivity contribution in [2.75, 3.05) is 23.8 Å². The zero-order valence-electron chi connectivity index (χ0n) is 15.8. The molecule has 0 unspecified atom stereocenters. The third kappa shape index (κ3) is 4.52. The molecule has 1 amide bonds. The van der Waals surface area contributed by atoms with Gasteiger partial charge in [-0.2, -0.15) is 0 Å². The Hall–Kier alpha value is -2.85. The maximum Gasteiger partial charge on any atom is 0.271 e. The molecule has 2 aromatic heterocycles. The van der Waals surface area contributed by atoms with Gasteiger partial charge in [0.25, 0.3) is 5.91 Å². The van der Waals surface area contributed by atoms with E-state index < -0.39 is 5.91 Å². The van der Waals surface area contributed by atoms with Crippen LogP contribution in [0.1, 0.15) is 42.4 Å². The summed E-state index contributed by atoms with van der Waals surface area (Å²) < 4.78 is 19.2. The largest absolute Gasteiger partial charge is 0.380 e. The summed E-state index contributed by atoms with van der Waals surface area (Å²) in [6.07, 6.45) is 0.723. The highest BCUT2D eigenvalue weighted by Gasteiger charge is 2.23. The number of halogens is 1. The summed E-state index contributed by atoms with van der Waals surface area (Å²) in [5.74, 6) is -0.426. The normalized spacial score (nSPS) is 19.5. The van der Waals surface area contributed by atoms with Crippen molar-refractivity contribution in [1.82, 2.24) is 15.2 Å². The lowest BCUT2D eigenvalue weighted by molar-refractivity contribution is 0.0751. The molecule has 1 aliphatic heterocycles. The Morgan fingerprint density at radius 3 is 2.79 bits per heavy atom. The van der Waals surface area contributed by atoms with Gasteiger partial charge in [0.2, 0.25) is 0 Å². The molecule has 3 heterocycles. The first kappa shape index (κ1) is 19.9. The maximum atomic E-state index is 13.9. The van der Waals surface area contributed by atoms with Crippen molar-refractivity contribution >= 4 is 23.2 Å². The number of carbonyl (C=O) groups excluding carboxylic acids is 1. The first-order valence-electron chi connectivity index (χ1n) is 9.06. The van der Waals surface area contributed by atoms with E-state index in [-0.39, 0.29) is 29.5 Å². The Bertz CT molecular complexity index is 862. The zero-order valence-corrected chi connectivity index (χ0v) is 15.8. The van der Waals surface area contributed by atoms with Crippen LogP contribution in [0, 0.1) is 5.82 Å². The number of carbonyl (C=O) groups is 1. The molecule has 9 nitrogen and oxygen atoms in total. The zero-order chi connectivity index (χ0) is 20.3. The quantitative estimate of drug-likeness (QED) is 0.582. The van der Waals surface area contributed by atoms with E-state index in [1.807, 2.05) is 13.8 Å². The van der Waals surface area contributed by atoms with Crippen LogP contribution in [-0.4, -0.2) is 46.4 Å². The summed E-state index contributed by atoms with van der Waals surface area (Å²) in [6, 6.07) is 4.19. The van der Waals surface area contributed by atoms with Gasteiger partial charge < -0.3 is 26.8 Å². The number of aromatic nitrogens is 3. The summed E-state index contributed by atoms with van der Waals surface area (Å²) >= 11 is 0. The van der Waals surface area contributed by atoms with E-state index in [1.165, 1.54) is 12.1 Å². The fraction of sp³-hybridized carbons (Fsp3) is 0.444. The number of amides is 1. The summed E-state index contributed by atoms with van der Waals surface area (Å²) in [6.45, 7) is 4.74. The Labute approximate surface area is 162 Å². The average Bonchev–Trinajstić information content (AvgIpc) is 2.65. The van der Waals surface area contributed by atoms with Crippen LogP contribution in [0.5, 0.6) is 0 Å². The van der Waals surface area contributed by atoms with Gasteiger partial charge in [-0.1, -0.05) is 13.8 Å². The van der Waals surface area contributed by atoms with Gasteiger partial charge in [-0.25, -0.2) is 9.37 Å². The molecule has 2 aromatic rings. The van der Waals surface area contributed by atoms with Crippen molar-refractivity contribution in [2.24, 2.45) is 11.5 Å². The van der Waals surface area contributed by atoms with Crippen LogP contribution >= 0.6 is 0 Å². The van der Waals surface area contributed by atoms with Gasteiger partial charge in [0.15, 0.2) is 11.5 Å². The van der Waals surface area contributed by atoms with Crippen LogP contribution in [0.3, 0.4) is 0 Å². The van der Waals surface area contributed by atoms with Gasteiger partial charge in [-0.05, 0) is 24.5 Å². The molecule has 0 aromatic carbocycles. The number of ether oxygens (including phenoxy) is 1. The highest BCUT2D eigenvalue weighted by Crippen LogP contribution is 2.24. The van der Waals surface area contributed by atoms with E-state index >= 15 is 0 Å². The number of anilines is 3. The average molecular weight is 389 g/mol. The van der Waals surface area contributed by atoms with E-state index in [2.05, 4.69) is 25.8 Å². The van der Waals surface area contributed by atoms with E-state index in [1.54, 1.807) is 6.07 Å². The minimum absolute atomic E-state index is 0.0354. The Morgan fingerprint density at radius 1 is 1.32 bits per heavy atom. The first-order valence-corrected chi connectivity index (χ1v) is 9.06. The number of primary amides is 1. The van der Waals surface area contributed by atoms with Crippen molar-refractivity contribution in [2.45, 2.75) is 38.3 Å². The highest BCUT2D eigenvalue weighted by atomic mass is 19.1. The molecule has 0 saturated carbocycles. The number of hydrogen-bond donors (Lipinski definition) is 4. The molecule has 6 N–H and O–H groups in total. The van der Waals surface area contributed by atoms with Crippen LogP contribution < -0.4 is 22.1 Å². The molecule has 10 heteroatoms. The summed E-state index contributed by atoms with van der Waals surface area (Å²) in [5.41, 5.74) is 12.1.